The monoisotopic (exact) mass is 307 g/mol. The quantitative estimate of drug-likeness (QED) is 0.862. The van der Waals surface area contributed by atoms with Crippen LogP contribution in [0.1, 0.15) is 27.6 Å². The maximum absolute atomic E-state index is 12.0. The average molecular weight is 307 g/mol. The molecule has 0 aliphatic carbocycles. The molecule has 2 N–H and O–H groups in total. The van der Waals surface area contributed by atoms with Crippen LogP contribution in [-0.2, 0) is 5.75 Å². The van der Waals surface area contributed by atoms with Crippen molar-refractivity contribution < 1.29 is 9.90 Å². The third-order valence-electron chi connectivity index (χ3n) is 2.91. The lowest BCUT2D eigenvalue weighted by atomic mass is 10.1. The van der Waals surface area contributed by atoms with Gasteiger partial charge in [0.05, 0.1) is 6.10 Å². The molecule has 2 aromatic rings. The number of rotatable bonds is 6. The fourth-order valence-corrected chi connectivity index (χ4v) is 3.03. The summed E-state index contributed by atoms with van der Waals surface area (Å²) in [4.78, 5) is 12.0. The van der Waals surface area contributed by atoms with Crippen LogP contribution < -0.4 is 5.32 Å². The van der Waals surface area contributed by atoms with Crippen LogP contribution in [0, 0.1) is 0 Å². The van der Waals surface area contributed by atoms with E-state index in [9.17, 15) is 9.90 Å². The first-order valence-corrected chi connectivity index (χ1v) is 8.60. The molecular weight excluding hydrogens is 290 g/mol. The van der Waals surface area contributed by atoms with Gasteiger partial charge in [-0.3, -0.25) is 4.79 Å². The van der Waals surface area contributed by atoms with Crippen molar-refractivity contribution in [1.82, 2.24) is 5.32 Å². The molecule has 1 atom stereocenters. The van der Waals surface area contributed by atoms with E-state index in [1.807, 2.05) is 47.3 Å². The average Bonchev–Trinajstić information content (AvgIpc) is 3.00. The van der Waals surface area contributed by atoms with Gasteiger partial charge in [-0.05, 0) is 46.3 Å². The van der Waals surface area contributed by atoms with Crippen LogP contribution >= 0.6 is 23.1 Å². The molecular formula is C15H17NO2S2. The first kappa shape index (κ1) is 15.1. The Morgan fingerprint density at radius 3 is 2.70 bits per heavy atom. The Bertz CT molecular complexity index is 538. The van der Waals surface area contributed by atoms with E-state index in [-0.39, 0.29) is 12.5 Å². The SMILES string of the molecule is CSCc1ccc(C(=O)NCC(O)c2ccsc2)cc1. The number of hydrogen-bond donors (Lipinski definition) is 2. The van der Waals surface area contributed by atoms with Crippen molar-refractivity contribution in [3.63, 3.8) is 0 Å². The molecule has 0 aliphatic heterocycles. The summed E-state index contributed by atoms with van der Waals surface area (Å²) in [7, 11) is 0. The molecule has 0 bridgehead atoms. The number of carbonyl (C=O) groups excluding carboxylic acids is 1. The number of aliphatic hydroxyl groups is 1. The minimum absolute atomic E-state index is 0.157. The first-order chi connectivity index (χ1) is 9.70. The molecule has 0 saturated carbocycles. The van der Waals surface area contributed by atoms with Crippen molar-refractivity contribution in [1.29, 1.82) is 0 Å². The smallest absolute Gasteiger partial charge is 0.251 e. The van der Waals surface area contributed by atoms with Crippen LogP contribution in [0.3, 0.4) is 0 Å². The Morgan fingerprint density at radius 2 is 2.10 bits per heavy atom. The number of nitrogens with one attached hydrogen (secondary N) is 1. The predicted molar refractivity (Wildman–Crippen MR) is 85.3 cm³/mol. The number of benzene rings is 1. The molecule has 106 valence electrons. The maximum atomic E-state index is 12.0. The third kappa shape index (κ3) is 4.10. The van der Waals surface area contributed by atoms with Gasteiger partial charge < -0.3 is 10.4 Å². The highest BCUT2D eigenvalue weighted by molar-refractivity contribution is 7.97. The zero-order valence-electron chi connectivity index (χ0n) is 11.2. The van der Waals surface area contributed by atoms with E-state index >= 15 is 0 Å². The van der Waals surface area contributed by atoms with Gasteiger partial charge in [-0.15, -0.1) is 0 Å². The van der Waals surface area contributed by atoms with E-state index in [4.69, 9.17) is 0 Å². The number of carbonyl (C=O) groups is 1. The predicted octanol–water partition coefficient (Wildman–Crippen LogP) is 3.07. The maximum Gasteiger partial charge on any atom is 0.251 e. The van der Waals surface area contributed by atoms with Crippen LogP contribution in [-0.4, -0.2) is 23.8 Å². The van der Waals surface area contributed by atoms with Gasteiger partial charge in [-0.1, -0.05) is 12.1 Å². The van der Waals surface area contributed by atoms with Crippen molar-refractivity contribution >= 4 is 29.0 Å². The molecule has 5 heteroatoms. The van der Waals surface area contributed by atoms with Crippen LogP contribution in [0.5, 0.6) is 0 Å². The summed E-state index contributed by atoms with van der Waals surface area (Å²) in [6.45, 7) is 0.224. The number of thioether (sulfide) groups is 1. The van der Waals surface area contributed by atoms with Crippen molar-refractivity contribution in [2.45, 2.75) is 11.9 Å². The third-order valence-corrected chi connectivity index (χ3v) is 4.23. The highest BCUT2D eigenvalue weighted by atomic mass is 32.2. The first-order valence-electron chi connectivity index (χ1n) is 6.27. The van der Waals surface area contributed by atoms with Gasteiger partial charge in [0, 0.05) is 17.9 Å². The van der Waals surface area contributed by atoms with Crippen molar-refractivity contribution in [3.8, 4) is 0 Å². The summed E-state index contributed by atoms with van der Waals surface area (Å²) in [6, 6.07) is 9.41. The summed E-state index contributed by atoms with van der Waals surface area (Å²) in [5, 5.41) is 16.4. The van der Waals surface area contributed by atoms with Gasteiger partial charge in [-0.2, -0.15) is 23.1 Å². The Labute approximate surface area is 127 Å². The molecule has 0 radical (unpaired) electrons. The fourth-order valence-electron chi connectivity index (χ4n) is 1.79. The second-order valence-electron chi connectivity index (χ2n) is 4.41. The Kier molecular flexibility index (Phi) is 5.64. The molecule has 0 fully saturated rings. The molecule has 20 heavy (non-hydrogen) atoms. The molecule has 3 nitrogen and oxygen atoms in total. The summed E-state index contributed by atoms with van der Waals surface area (Å²) >= 11 is 3.28. The van der Waals surface area contributed by atoms with E-state index < -0.39 is 6.10 Å². The van der Waals surface area contributed by atoms with E-state index in [1.54, 1.807) is 11.8 Å². The van der Waals surface area contributed by atoms with Gasteiger partial charge in [-0.25, -0.2) is 0 Å². The van der Waals surface area contributed by atoms with E-state index in [0.717, 1.165) is 11.3 Å². The van der Waals surface area contributed by atoms with Gasteiger partial charge >= 0.3 is 0 Å². The molecule has 2 rings (SSSR count). The Hall–Kier alpha value is -1.30. The number of amides is 1. The number of hydrogen-bond acceptors (Lipinski definition) is 4. The van der Waals surface area contributed by atoms with Crippen LogP contribution in [0.25, 0.3) is 0 Å². The van der Waals surface area contributed by atoms with E-state index in [0.29, 0.717) is 5.56 Å². The lowest BCUT2D eigenvalue weighted by Gasteiger charge is -2.10. The normalized spacial score (nSPS) is 12.1. The number of aliphatic hydroxyl groups excluding tert-OH is 1. The van der Waals surface area contributed by atoms with E-state index in [2.05, 4.69) is 5.32 Å². The molecule has 1 unspecified atom stereocenters. The molecule has 1 amide bonds. The molecule has 1 heterocycles. The minimum Gasteiger partial charge on any atom is -0.387 e. The molecule has 1 aromatic heterocycles. The van der Waals surface area contributed by atoms with Gasteiger partial charge in [0.25, 0.3) is 5.91 Å². The minimum atomic E-state index is -0.652. The standard InChI is InChI=1S/C15H17NO2S2/c1-19-9-11-2-4-12(5-3-11)15(18)16-8-14(17)13-6-7-20-10-13/h2-7,10,14,17H,8-9H2,1H3,(H,16,18). The largest absolute Gasteiger partial charge is 0.387 e. The molecule has 1 aromatic carbocycles. The molecule has 0 aliphatic rings. The van der Waals surface area contributed by atoms with Gasteiger partial charge in [0.2, 0.25) is 0 Å². The lowest BCUT2D eigenvalue weighted by Crippen LogP contribution is -2.28. The van der Waals surface area contributed by atoms with Crippen LogP contribution in [0.15, 0.2) is 41.1 Å². The van der Waals surface area contributed by atoms with Gasteiger partial charge in [0.15, 0.2) is 0 Å². The van der Waals surface area contributed by atoms with Gasteiger partial charge in [0.1, 0.15) is 0 Å². The number of thiophene rings is 1. The second-order valence-corrected chi connectivity index (χ2v) is 6.06. The van der Waals surface area contributed by atoms with Crippen molar-refractivity contribution in [2.75, 3.05) is 12.8 Å². The zero-order chi connectivity index (χ0) is 14.4. The Morgan fingerprint density at radius 1 is 1.35 bits per heavy atom. The summed E-state index contributed by atoms with van der Waals surface area (Å²) in [5.74, 6) is 0.786. The fraction of sp³-hybridized carbons (Fsp3) is 0.267. The van der Waals surface area contributed by atoms with Crippen molar-refractivity contribution in [2.24, 2.45) is 0 Å². The van der Waals surface area contributed by atoms with Crippen LogP contribution in [0.2, 0.25) is 0 Å². The summed E-state index contributed by atoms with van der Waals surface area (Å²) in [5.41, 5.74) is 2.66. The lowest BCUT2D eigenvalue weighted by molar-refractivity contribution is 0.0916. The highest BCUT2D eigenvalue weighted by Crippen LogP contribution is 2.15. The van der Waals surface area contributed by atoms with E-state index in [1.165, 1.54) is 16.9 Å². The topological polar surface area (TPSA) is 49.3 Å². The Balaban J connectivity index is 1.88. The van der Waals surface area contributed by atoms with Crippen LogP contribution in [0.4, 0.5) is 0 Å². The molecule has 0 saturated heterocycles. The highest BCUT2D eigenvalue weighted by Gasteiger charge is 2.11. The summed E-state index contributed by atoms with van der Waals surface area (Å²) in [6.07, 6.45) is 1.40. The van der Waals surface area contributed by atoms with Crippen molar-refractivity contribution in [3.05, 3.63) is 57.8 Å². The molecule has 0 spiro atoms. The summed E-state index contributed by atoms with van der Waals surface area (Å²) < 4.78 is 0. The second kappa shape index (κ2) is 7.47. The zero-order valence-corrected chi connectivity index (χ0v) is 12.8.